The lowest BCUT2D eigenvalue weighted by atomic mass is 10.2. The summed E-state index contributed by atoms with van der Waals surface area (Å²) in [7, 11) is 0. The second kappa shape index (κ2) is 5.01. The van der Waals surface area contributed by atoms with Gasteiger partial charge >= 0.3 is 0 Å². The Hall–Kier alpha value is -2.28. The van der Waals surface area contributed by atoms with Crippen molar-refractivity contribution in [2.45, 2.75) is 0 Å². The van der Waals surface area contributed by atoms with Crippen LogP contribution in [0.25, 0.3) is 5.65 Å². The van der Waals surface area contributed by atoms with E-state index >= 15 is 0 Å². The average Bonchev–Trinajstić information content (AvgIpc) is 2.91. The molecule has 0 unspecified atom stereocenters. The quantitative estimate of drug-likeness (QED) is 0.783. The average molecular weight is 335 g/mol. The summed E-state index contributed by atoms with van der Waals surface area (Å²) in [5.41, 5.74) is 0.840. The zero-order valence-electron chi connectivity index (χ0n) is 10.0. The van der Waals surface area contributed by atoms with Crippen LogP contribution in [0, 0.1) is 5.82 Å². The van der Waals surface area contributed by atoms with E-state index in [2.05, 4.69) is 31.3 Å². The maximum absolute atomic E-state index is 13.4. The molecule has 1 aromatic carbocycles. The first kappa shape index (κ1) is 12.7. The van der Waals surface area contributed by atoms with E-state index in [0.29, 0.717) is 15.9 Å². The molecule has 0 bridgehead atoms. The van der Waals surface area contributed by atoms with E-state index in [0.717, 1.165) is 0 Å². The van der Waals surface area contributed by atoms with Gasteiger partial charge in [0.1, 0.15) is 11.6 Å². The molecule has 2 heterocycles. The molecule has 3 rings (SSSR count). The Labute approximate surface area is 121 Å². The van der Waals surface area contributed by atoms with Crippen LogP contribution < -0.4 is 5.32 Å². The predicted molar refractivity (Wildman–Crippen MR) is 75.0 cm³/mol. The molecule has 1 N–H and O–H groups in total. The molecule has 0 atom stereocenters. The molecule has 1 amide bonds. The van der Waals surface area contributed by atoms with Gasteiger partial charge in [0.15, 0.2) is 5.65 Å². The zero-order valence-corrected chi connectivity index (χ0v) is 11.6. The van der Waals surface area contributed by atoms with Crippen LogP contribution in [0.4, 0.5) is 10.2 Å². The number of benzene rings is 1. The fourth-order valence-electron chi connectivity index (χ4n) is 1.76. The molecular weight excluding hydrogens is 327 g/mol. The van der Waals surface area contributed by atoms with E-state index in [1.165, 1.54) is 22.7 Å². The van der Waals surface area contributed by atoms with Crippen LogP contribution in [-0.2, 0) is 0 Å². The van der Waals surface area contributed by atoms with E-state index in [-0.39, 0.29) is 5.56 Å². The maximum Gasteiger partial charge on any atom is 0.256 e. The first-order valence-electron chi connectivity index (χ1n) is 5.70. The molecule has 5 nitrogen and oxygen atoms in total. The van der Waals surface area contributed by atoms with Crippen molar-refractivity contribution in [3.63, 3.8) is 0 Å². The minimum atomic E-state index is -0.489. The van der Waals surface area contributed by atoms with E-state index in [9.17, 15) is 9.18 Å². The van der Waals surface area contributed by atoms with Gasteiger partial charge in [0.2, 0.25) is 0 Å². The number of carbonyl (C=O) groups is 1. The Balaban J connectivity index is 1.92. The minimum absolute atomic E-state index is 0.225. The highest BCUT2D eigenvalue weighted by Gasteiger charge is 2.11. The number of halogens is 2. The molecule has 0 aliphatic carbocycles. The topological polar surface area (TPSA) is 59.3 Å². The molecule has 7 heteroatoms. The van der Waals surface area contributed by atoms with Gasteiger partial charge in [-0.1, -0.05) is 0 Å². The lowest BCUT2D eigenvalue weighted by molar-refractivity contribution is 0.102. The summed E-state index contributed by atoms with van der Waals surface area (Å²) in [6.07, 6.45) is 3.14. The summed E-state index contributed by atoms with van der Waals surface area (Å²) in [6, 6.07) is 7.52. The van der Waals surface area contributed by atoms with Crippen LogP contribution in [-0.4, -0.2) is 20.5 Å². The normalized spacial score (nSPS) is 10.7. The Bertz CT molecular complexity index is 802. The van der Waals surface area contributed by atoms with Crippen molar-refractivity contribution < 1.29 is 9.18 Å². The van der Waals surface area contributed by atoms with Gasteiger partial charge < -0.3 is 5.32 Å². The molecule has 20 heavy (non-hydrogen) atoms. The number of carbonyl (C=O) groups excluding carboxylic acids is 1. The van der Waals surface area contributed by atoms with Crippen molar-refractivity contribution >= 4 is 33.3 Å². The van der Waals surface area contributed by atoms with Crippen molar-refractivity contribution in [2.75, 3.05) is 5.32 Å². The number of anilines is 1. The van der Waals surface area contributed by atoms with E-state index in [1.54, 1.807) is 24.5 Å². The van der Waals surface area contributed by atoms with Crippen LogP contribution in [0.1, 0.15) is 10.4 Å². The van der Waals surface area contributed by atoms with Crippen LogP contribution in [0.2, 0.25) is 0 Å². The largest absolute Gasteiger partial charge is 0.306 e. The Morgan fingerprint density at radius 2 is 2.10 bits per heavy atom. The van der Waals surface area contributed by atoms with Crippen molar-refractivity contribution in [3.05, 3.63) is 58.6 Å². The standard InChI is InChI=1S/C13H8BrFN4O/c14-9-2-1-8(7-10(9)15)13(20)18-12-3-5-16-11-4-6-17-19(11)12/h1-7H,(H,18,20). The Morgan fingerprint density at radius 3 is 2.90 bits per heavy atom. The second-order valence-corrected chi connectivity index (χ2v) is 4.87. The molecule has 0 spiro atoms. The van der Waals surface area contributed by atoms with Crippen molar-refractivity contribution in [2.24, 2.45) is 0 Å². The number of nitrogens with one attached hydrogen (secondary N) is 1. The van der Waals surface area contributed by atoms with Crippen LogP contribution in [0.15, 0.2) is 47.2 Å². The van der Waals surface area contributed by atoms with Crippen molar-refractivity contribution in [1.82, 2.24) is 14.6 Å². The summed E-state index contributed by atoms with van der Waals surface area (Å²) in [5, 5.41) is 6.73. The number of rotatable bonds is 2. The van der Waals surface area contributed by atoms with Gasteiger partial charge in [0.05, 0.1) is 10.7 Å². The van der Waals surface area contributed by atoms with Gasteiger partial charge in [0, 0.05) is 17.8 Å². The fourth-order valence-corrected chi connectivity index (χ4v) is 2.00. The SMILES string of the molecule is O=C(Nc1ccnc2ccnn12)c1ccc(Br)c(F)c1. The van der Waals surface area contributed by atoms with Gasteiger partial charge in [-0.25, -0.2) is 9.37 Å². The summed E-state index contributed by atoms with van der Waals surface area (Å²) in [6.45, 7) is 0. The zero-order chi connectivity index (χ0) is 14.1. The highest BCUT2D eigenvalue weighted by molar-refractivity contribution is 9.10. The molecule has 2 aromatic heterocycles. The van der Waals surface area contributed by atoms with Crippen LogP contribution in [0.5, 0.6) is 0 Å². The number of hydrogen-bond donors (Lipinski definition) is 1. The van der Waals surface area contributed by atoms with Gasteiger partial charge in [-0.15, -0.1) is 0 Å². The van der Waals surface area contributed by atoms with Crippen molar-refractivity contribution in [3.8, 4) is 0 Å². The van der Waals surface area contributed by atoms with Gasteiger partial charge in [0.25, 0.3) is 5.91 Å². The number of hydrogen-bond acceptors (Lipinski definition) is 3. The molecule has 0 aliphatic heterocycles. The number of fused-ring (bicyclic) bond motifs is 1. The van der Waals surface area contributed by atoms with Gasteiger partial charge in [-0.3, -0.25) is 4.79 Å². The monoisotopic (exact) mass is 334 g/mol. The second-order valence-electron chi connectivity index (χ2n) is 4.01. The molecule has 3 aromatic rings. The molecule has 0 saturated carbocycles. The summed E-state index contributed by atoms with van der Waals surface area (Å²) >= 11 is 3.04. The maximum atomic E-state index is 13.4. The first-order valence-corrected chi connectivity index (χ1v) is 6.49. The lowest BCUT2D eigenvalue weighted by Crippen LogP contribution is -2.15. The highest BCUT2D eigenvalue weighted by atomic mass is 79.9. The molecule has 0 aliphatic rings. The summed E-state index contributed by atoms with van der Waals surface area (Å²) < 4.78 is 15.2. The third-order valence-corrected chi connectivity index (χ3v) is 3.36. The molecule has 0 fully saturated rings. The third-order valence-electron chi connectivity index (χ3n) is 2.71. The smallest absolute Gasteiger partial charge is 0.256 e. The predicted octanol–water partition coefficient (Wildman–Crippen LogP) is 2.88. The number of amides is 1. The minimum Gasteiger partial charge on any atom is -0.306 e. The summed E-state index contributed by atoms with van der Waals surface area (Å²) in [5.74, 6) is -0.440. The number of nitrogens with zero attached hydrogens (tertiary/aromatic N) is 3. The molecule has 100 valence electrons. The van der Waals surface area contributed by atoms with E-state index in [4.69, 9.17) is 0 Å². The van der Waals surface area contributed by atoms with Crippen molar-refractivity contribution in [1.29, 1.82) is 0 Å². The molecular formula is C13H8BrFN4O. The van der Waals surface area contributed by atoms with Gasteiger partial charge in [-0.2, -0.15) is 9.61 Å². The Morgan fingerprint density at radius 1 is 1.25 bits per heavy atom. The first-order chi connectivity index (χ1) is 9.65. The molecule has 0 radical (unpaired) electrons. The van der Waals surface area contributed by atoms with E-state index in [1.807, 2.05) is 0 Å². The highest BCUT2D eigenvalue weighted by Crippen LogP contribution is 2.17. The Kier molecular flexibility index (Phi) is 3.19. The summed E-state index contributed by atoms with van der Waals surface area (Å²) in [4.78, 5) is 16.2. The third kappa shape index (κ3) is 2.27. The lowest BCUT2D eigenvalue weighted by Gasteiger charge is -2.07. The number of aromatic nitrogens is 3. The molecule has 0 saturated heterocycles. The van der Waals surface area contributed by atoms with E-state index < -0.39 is 11.7 Å². The van der Waals surface area contributed by atoms with Gasteiger partial charge in [-0.05, 0) is 40.2 Å². The van der Waals surface area contributed by atoms with Crippen LogP contribution >= 0.6 is 15.9 Å². The van der Waals surface area contributed by atoms with Crippen LogP contribution in [0.3, 0.4) is 0 Å². The fraction of sp³-hybridized carbons (Fsp3) is 0.